The van der Waals surface area contributed by atoms with Crippen molar-refractivity contribution in [2.45, 2.75) is 26.3 Å². The highest BCUT2D eigenvalue weighted by molar-refractivity contribution is 5.76. The number of benzene rings is 1. The van der Waals surface area contributed by atoms with Crippen molar-refractivity contribution in [1.29, 1.82) is 0 Å². The Kier molecular flexibility index (Phi) is 5.20. The summed E-state index contributed by atoms with van der Waals surface area (Å²) in [6.07, 6.45) is 0.809. The molecule has 0 aliphatic carbocycles. The van der Waals surface area contributed by atoms with Gasteiger partial charge in [0.25, 0.3) is 0 Å². The number of halogens is 1. The summed E-state index contributed by atoms with van der Waals surface area (Å²) < 4.78 is 23.9. The number of methoxy groups -OCH3 is 1. The molecule has 2 aromatic rings. The van der Waals surface area contributed by atoms with Crippen LogP contribution in [0, 0.1) is 12.7 Å². The van der Waals surface area contributed by atoms with Gasteiger partial charge in [-0.05, 0) is 43.2 Å². The monoisotopic (exact) mass is 305 g/mol. The van der Waals surface area contributed by atoms with Crippen molar-refractivity contribution in [3.05, 3.63) is 53.2 Å². The molecule has 0 aliphatic heterocycles. The maximum atomic E-state index is 13.6. The standard InChI is InChI=1S/C17H20FNO3/c1-12-4-7-14(22-12)11-19(2)17(20)9-6-13-5-8-16(21-3)15(18)10-13/h4-5,7-8,10H,6,9,11H2,1-3H3. The van der Waals surface area contributed by atoms with E-state index in [1.165, 1.54) is 13.2 Å². The fraction of sp³-hybridized carbons (Fsp3) is 0.353. The van der Waals surface area contributed by atoms with Crippen LogP contribution in [0.15, 0.2) is 34.7 Å². The van der Waals surface area contributed by atoms with Crippen molar-refractivity contribution in [2.75, 3.05) is 14.2 Å². The van der Waals surface area contributed by atoms with Gasteiger partial charge in [0.05, 0.1) is 13.7 Å². The van der Waals surface area contributed by atoms with Gasteiger partial charge in [0, 0.05) is 13.5 Å². The highest BCUT2D eigenvalue weighted by Gasteiger charge is 2.12. The van der Waals surface area contributed by atoms with Gasteiger partial charge in [0.2, 0.25) is 5.91 Å². The molecule has 0 aliphatic rings. The molecule has 0 saturated heterocycles. The third kappa shape index (κ3) is 4.10. The number of amides is 1. The lowest BCUT2D eigenvalue weighted by atomic mass is 10.1. The number of hydrogen-bond donors (Lipinski definition) is 0. The molecule has 0 bridgehead atoms. The van der Waals surface area contributed by atoms with Gasteiger partial charge in [-0.25, -0.2) is 4.39 Å². The average Bonchev–Trinajstić information content (AvgIpc) is 2.90. The summed E-state index contributed by atoms with van der Waals surface area (Å²) in [6.45, 7) is 2.30. The number of rotatable bonds is 6. The minimum atomic E-state index is -0.410. The van der Waals surface area contributed by atoms with Gasteiger partial charge < -0.3 is 14.1 Å². The number of carbonyl (C=O) groups is 1. The van der Waals surface area contributed by atoms with Crippen molar-refractivity contribution in [1.82, 2.24) is 4.90 Å². The topological polar surface area (TPSA) is 42.7 Å². The van der Waals surface area contributed by atoms with Gasteiger partial charge in [-0.1, -0.05) is 6.07 Å². The molecular weight excluding hydrogens is 285 g/mol. The quantitative estimate of drug-likeness (QED) is 0.822. The first-order valence-corrected chi connectivity index (χ1v) is 7.11. The normalized spacial score (nSPS) is 10.5. The van der Waals surface area contributed by atoms with Crippen LogP contribution in [-0.4, -0.2) is 25.0 Å². The fourth-order valence-corrected chi connectivity index (χ4v) is 2.20. The molecule has 0 fully saturated rings. The number of furan rings is 1. The molecule has 1 aromatic carbocycles. The predicted molar refractivity (Wildman–Crippen MR) is 81.2 cm³/mol. The van der Waals surface area contributed by atoms with Gasteiger partial charge in [-0.3, -0.25) is 4.79 Å². The molecular formula is C17H20FNO3. The summed E-state index contributed by atoms with van der Waals surface area (Å²) in [5.41, 5.74) is 0.772. The Morgan fingerprint density at radius 2 is 2.09 bits per heavy atom. The zero-order valence-electron chi connectivity index (χ0n) is 13.1. The number of ether oxygens (including phenoxy) is 1. The van der Waals surface area contributed by atoms with Crippen molar-refractivity contribution >= 4 is 5.91 Å². The van der Waals surface area contributed by atoms with Gasteiger partial charge in [0.1, 0.15) is 11.5 Å². The number of nitrogens with zero attached hydrogens (tertiary/aromatic N) is 1. The summed E-state index contributed by atoms with van der Waals surface area (Å²) in [5.74, 6) is 1.37. The van der Waals surface area contributed by atoms with E-state index in [0.29, 0.717) is 19.4 Å². The van der Waals surface area contributed by atoms with E-state index in [1.54, 1.807) is 24.1 Å². The zero-order chi connectivity index (χ0) is 16.1. The fourth-order valence-electron chi connectivity index (χ4n) is 2.20. The van der Waals surface area contributed by atoms with Crippen LogP contribution in [-0.2, 0) is 17.8 Å². The minimum Gasteiger partial charge on any atom is -0.494 e. The SMILES string of the molecule is COc1ccc(CCC(=O)N(C)Cc2ccc(C)o2)cc1F. The van der Waals surface area contributed by atoms with E-state index in [0.717, 1.165) is 17.1 Å². The third-order valence-corrected chi connectivity index (χ3v) is 3.46. The van der Waals surface area contributed by atoms with E-state index in [9.17, 15) is 9.18 Å². The van der Waals surface area contributed by atoms with E-state index < -0.39 is 5.82 Å². The summed E-state index contributed by atoms with van der Waals surface area (Å²) in [7, 11) is 3.15. The Morgan fingerprint density at radius 1 is 1.32 bits per heavy atom. The summed E-state index contributed by atoms with van der Waals surface area (Å²) in [4.78, 5) is 13.7. The van der Waals surface area contributed by atoms with E-state index in [-0.39, 0.29) is 11.7 Å². The minimum absolute atomic E-state index is 0.00900. The molecule has 0 saturated carbocycles. The van der Waals surface area contributed by atoms with Crippen molar-refractivity contribution in [2.24, 2.45) is 0 Å². The third-order valence-electron chi connectivity index (χ3n) is 3.46. The maximum Gasteiger partial charge on any atom is 0.223 e. The van der Waals surface area contributed by atoms with E-state index in [2.05, 4.69) is 0 Å². The lowest BCUT2D eigenvalue weighted by Crippen LogP contribution is -2.26. The Bertz CT molecular complexity index is 651. The van der Waals surface area contributed by atoms with Gasteiger partial charge in [0.15, 0.2) is 11.6 Å². The molecule has 22 heavy (non-hydrogen) atoms. The summed E-state index contributed by atoms with van der Waals surface area (Å²) >= 11 is 0. The molecule has 4 nitrogen and oxygen atoms in total. The highest BCUT2D eigenvalue weighted by atomic mass is 19.1. The largest absolute Gasteiger partial charge is 0.494 e. The molecule has 118 valence electrons. The molecule has 0 N–H and O–H groups in total. The molecule has 1 aromatic heterocycles. The zero-order valence-corrected chi connectivity index (χ0v) is 13.1. The lowest BCUT2D eigenvalue weighted by Gasteiger charge is -2.15. The molecule has 0 spiro atoms. The van der Waals surface area contributed by atoms with E-state index in [4.69, 9.17) is 9.15 Å². The average molecular weight is 305 g/mol. The van der Waals surface area contributed by atoms with Crippen molar-refractivity contribution < 1.29 is 18.3 Å². The Labute approximate surface area is 129 Å². The molecule has 1 heterocycles. The van der Waals surface area contributed by atoms with Crippen LogP contribution in [0.25, 0.3) is 0 Å². The van der Waals surface area contributed by atoms with Gasteiger partial charge in [-0.15, -0.1) is 0 Å². The van der Waals surface area contributed by atoms with Crippen LogP contribution in [0.2, 0.25) is 0 Å². The Balaban J connectivity index is 1.87. The number of carbonyl (C=O) groups excluding carboxylic acids is 1. The van der Waals surface area contributed by atoms with Gasteiger partial charge >= 0.3 is 0 Å². The number of aryl methyl sites for hydroxylation is 2. The lowest BCUT2D eigenvalue weighted by molar-refractivity contribution is -0.130. The van der Waals surface area contributed by atoms with Crippen LogP contribution in [0.3, 0.4) is 0 Å². The summed E-state index contributed by atoms with van der Waals surface area (Å²) in [6, 6.07) is 8.48. The van der Waals surface area contributed by atoms with Crippen LogP contribution >= 0.6 is 0 Å². The first-order chi connectivity index (χ1) is 10.5. The number of hydrogen-bond acceptors (Lipinski definition) is 3. The predicted octanol–water partition coefficient (Wildman–Crippen LogP) is 3.33. The molecule has 0 atom stereocenters. The molecule has 2 rings (SSSR count). The van der Waals surface area contributed by atoms with E-state index >= 15 is 0 Å². The second-order valence-electron chi connectivity index (χ2n) is 5.23. The second kappa shape index (κ2) is 7.11. The van der Waals surface area contributed by atoms with Gasteiger partial charge in [-0.2, -0.15) is 0 Å². The smallest absolute Gasteiger partial charge is 0.223 e. The maximum absolute atomic E-state index is 13.6. The van der Waals surface area contributed by atoms with Crippen LogP contribution in [0.1, 0.15) is 23.5 Å². The first kappa shape index (κ1) is 16.1. The highest BCUT2D eigenvalue weighted by Crippen LogP contribution is 2.19. The van der Waals surface area contributed by atoms with Crippen molar-refractivity contribution in [3.8, 4) is 5.75 Å². The Hall–Kier alpha value is -2.30. The molecule has 0 unspecified atom stereocenters. The van der Waals surface area contributed by atoms with Crippen LogP contribution in [0.5, 0.6) is 5.75 Å². The second-order valence-corrected chi connectivity index (χ2v) is 5.23. The Morgan fingerprint density at radius 3 is 2.68 bits per heavy atom. The molecule has 1 amide bonds. The summed E-state index contributed by atoms with van der Waals surface area (Å²) in [5, 5.41) is 0. The van der Waals surface area contributed by atoms with Crippen LogP contribution < -0.4 is 4.74 Å². The molecule has 5 heteroatoms. The van der Waals surface area contributed by atoms with E-state index in [1.807, 2.05) is 19.1 Å². The molecule has 0 radical (unpaired) electrons. The van der Waals surface area contributed by atoms with Crippen molar-refractivity contribution in [3.63, 3.8) is 0 Å². The first-order valence-electron chi connectivity index (χ1n) is 7.11. The van der Waals surface area contributed by atoms with Crippen LogP contribution in [0.4, 0.5) is 4.39 Å².